The van der Waals surface area contributed by atoms with Gasteiger partial charge in [0, 0.05) is 18.4 Å². The fourth-order valence-corrected chi connectivity index (χ4v) is 2.10. The predicted molar refractivity (Wildman–Crippen MR) is 80.8 cm³/mol. The number of hydrogen-bond donors (Lipinski definition) is 1. The molecule has 0 saturated heterocycles. The van der Waals surface area contributed by atoms with Crippen LogP contribution in [0.15, 0.2) is 41.3 Å². The highest BCUT2D eigenvalue weighted by molar-refractivity contribution is 5.46. The van der Waals surface area contributed by atoms with E-state index in [4.69, 9.17) is 4.52 Å². The summed E-state index contributed by atoms with van der Waals surface area (Å²) >= 11 is 0. The lowest BCUT2D eigenvalue weighted by atomic mass is 10.3. The van der Waals surface area contributed by atoms with Gasteiger partial charge in [-0.2, -0.15) is 10.1 Å². The molecule has 114 valence electrons. The van der Waals surface area contributed by atoms with Crippen molar-refractivity contribution >= 4 is 0 Å². The van der Waals surface area contributed by atoms with Crippen molar-refractivity contribution in [3.8, 4) is 11.5 Å². The second-order valence-electron chi connectivity index (χ2n) is 5.25. The van der Waals surface area contributed by atoms with Crippen LogP contribution in [0.4, 0.5) is 0 Å². The Hall–Kier alpha value is -2.54. The minimum atomic E-state index is 0.240. The summed E-state index contributed by atoms with van der Waals surface area (Å²) in [4.78, 5) is 8.54. The van der Waals surface area contributed by atoms with Gasteiger partial charge in [-0.3, -0.25) is 9.67 Å². The molecule has 3 heterocycles. The Balaban J connectivity index is 1.54. The van der Waals surface area contributed by atoms with Crippen molar-refractivity contribution in [1.82, 2.24) is 30.2 Å². The van der Waals surface area contributed by atoms with Crippen molar-refractivity contribution in [2.45, 2.75) is 33.0 Å². The van der Waals surface area contributed by atoms with E-state index in [1.807, 2.05) is 42.2 Å². The molecule has 7 nitrogen and oxygen atoms in total. The second kappa shape index (κ2) is 6.48. The molecule has 0 aliphatic rings. The molecular weight excluding hydrogens is 280 g/mol. The quantitative estimate of drug-likeness (QED) is 0.747. The van der Waals surface area contributed by atoms with Crippen LogP contribution < -0.4 is 5.32 Å². The zero-order valence-electron chi connectivity index (χ0n) is 12.6. The van der Waals surface area contributed by atoms with Gasteiger partial charge in [0.2, 0.25) is 11.7 Å². The van der Waals surface area contributed by atoms with Gasteiger partial charge in [-0.05, 0) is 31.5 Å². The minimum Gasteiger partial charge on any atom is -0.337 e. The zero-order chi connectivity index (χ0) is 15.4. The molecule has 0 unspecified atom stereocenters. The first-order valence-electron chi connectivity index (χ1n) is 7.17. The number of aromatic nitrogens is 5. The van der Waals surface area contributed by atoms with Crippen molar-refractivity contribution in [2.24, 2.45) is 0 Å². The van der Waals surface area contributed by atoms with Crippen LogP contribution in [0, 0.1) is 6.92 Å². The number of pyridine rings is 1. The lowest BCUT2D eigenvalue weighted by Gasteiger charge is -2.11. The number of nitrogens with zero attached hydrogens (tertiary/aromatic N) is 5. The summed E-state index contributed by atoms with van der Waals surface area (Å²) < 4.78 is 7.15. The Morgan fingerprint density at radius 3 is 3.00 bits per heavy atom. The van der Waals surface area contributed by atoms with Crippen LogP contribution in [0.25, 0.3) is 11.5 Å². The van der Waals surface area contributed by atoms with Crippen molar-refractivity contribution in [1.29, 1.82) is 0 Å². The van der Waals surface area contributed by atoms with E-state index >= 15 is 0 Å². The maximum Gasteiger partial charge on any atom is 0.240 e. The molecule has 7 heteroatoms. The molecule has 0 fully saturated rings. The fraction of sp³-hybridized carbons (Fsp3) is 0.333. The van der Waals surface area contributed by atoms with Gasteiger partial charge in [0.05, 0.1) is 19.3 Å². The summed E-state index contributed by atoms with van der Waals surface area (Å²) in [5.74, 6) is 1.05. The maximum atomic E-state index is 5.24. The summed E-state index contributed by atoms with van der Waals surface area (Å²) in [6, 6.07) is 5.84. The van der Waals surface area contributed by atoms with Crippen LogP contribution in [-0.2, 0) is 13.1 Å². The molecule has 1 N–H and O–H groups in total. The highest BCUT2D eigenvalue weighted by Gasteiger charge is 2.10. The standard InChI is InChI=1S/C15H18N6O/c1-11-7-18-21(9-11)10-12(2)17-8-14-19-15(20-22-14)13-5-3-4-6-16-13/h3-7,9,12,17H,8,10H2,1-2H3/t12-/m1/s1. The summed E-state index contributed by atoms with van der Waals surface area (Å²) in [5.41, 5.74) is 1.86. The lowest BCUT2D eigenvalue weighted by Crippen LogP contribution is -2.30. The molecule has 3 aromatic rings. The van der Waals surface area contributed by atoms with Gasteiger partial charge in [-0.1, -0.05) is 11.2 Å². The maximum absolute atomic E-state index is 5.24. The van der Waals surface area contributed by atoms with Crippen molar-refractivity contribution in [3.63, 3.8) is 0 Å². The van der Waals surface area contributed by atoms with Crippen molar-refractivity contribution in [3.05, 3.63) is 48.2 Å². The summed E-state index contributed by atoms with van der Waals surface area (Å²) in [6.45, 7) is 5.42. The Kier molecular flexibility index (Phi) is 4.24. The minimum absolute atomic E-state index is 0.240. The van der Waals surface area contributed by atoms with Crippen molar-refractivity contribution in [2.75, 3.05) is 0 Å². The predicted octanol–water partition coefficient (Wildman–Crippen LogP) is 1.81. The molecule has 0 aliphatic carbocycles. The Morgan fingerprint density at radius 1 is 1.36 bits per heavy atom. The molecule has 0 bridgehead atoms. The monoisotopic (exact) mass is 298 g/mol. The average Bonchev–Trinajstić information content (AvgIpc) is 3.15. The number of aryl methyl sites for hydroxylation is 1. The van der Waals surface area contributed by atoms with Crippen LogP contribution in [0.1, 0.15) is 18.4 Å². The molecule has 0 radical (unpaired) electrons. The van der Waals surface area contributed by atoms with E-state index in [1.165, 1.54) is 0 Å². The molecule has 1 atom stereocenters. The first-order chi connectivity index (χ1) is 10.7. The van der Waals surface area contributed by atoms with Gasteiger partial charge in [-0.25, -0.2) is 0 Å². The van der Waals surface area contributed by atoms with Gasteiger partial charge < -0.3 is 9.84 Å². The summed E-state index contributed by atoms with van der Waals surface area (Å²) in [5, 5.41) is 11.6. The molecular formula is C15H18N6O. The van der Waals surface area contributed by atoms with E-state index in [0.717, 1.165) is 12.1 Å². The smallest absolute Gasteiger partial charge is 0.240 e. The molecule has 3 aromatic heterocycles. The van der Waals surface area contributed by atoms with Crippen LogP contribution in [0.2, 0.25) is 0 Å². The topological polar surface area (TPSA) is 81.7 Å². The van der Waals surface area contributed by atoms with E-state index in [2.05, 4.69) is 32.5 Å². The number of rotatable bonds is 6. The third kappa shape index (κ3) is 3.56. The molecule has 0 aliphatic heterocycles. The van der Waals surface area contributed by atoms with Crippen LogP contribution in [0.5, 0.6) is 0 Å². The molecule has 22 heavy (non-hydrogen) atoms. The van der Waals surface area contributed by atoms with Crippen LogP contribution in [0.3, 0.4) is 0 Å². The molecule has 0 spiro atoms. The highest BCUT2D eigenvalue weighted by atomic mass is 16.5. The van der Waals surface area contributed by atoms with Gasteiger partial charge in [0.1, 0.15) is 5.69 Å². The highest BCUT2D eigenvalue weighted by Crippen LogP contribution is 2.11. The van der Waals surface area contributed by atoms with E-state index in [9.17, 15) is 0 Å². The first kappa shape index (κ1) is 14.4. The van der Waals surface area contributed by atoms with E-state index in [0.29, 0.717) is 24.0 Å². The number of hydrogen-bond acceptors (Lipinski definition) is 6. The summed E-state index contributed by atoms with van der Waals surface area (Å²) in [6.07, 6.45) is 5.58. The van der Waals surface area contributed by atoms with Gasteiger partial charge in [0.15, 0.2) is 0 Å². The van der Waals surface area contributed by atoms with E-state index < -0.39 is 0 Å². The third-order valence-electron chi connectivity index (χ3n) is 3.19. The molecule has 0 saturated carbocycles. The summed E-state index contributed by atoms with van der Waals surface area (Å²) in [7, 11) is 0. The van der Waals surface area contributed by atoms with Gasteiger partial charge >= 0.3 is 0 Å². The normalized spacial score (nSPS) is 12.5. The van der Waals surface area contributed by atoms with Crippen molar-refractivity contribution < 1.29 is 4.52 Å². The SMILES string of the molecule is Cc1cnn(C[C@@H](C)NCc2nc(-c3ccccn3)no2)c1. The largest absolute Gasteiger partial charge is 0.337 e. The average molecular weight is 298 g/mol. The molecule has 0 aromatic carbocycles. The van der Waals surface area contributed by atoms with Crippen LogP contribution >= 0.6 is 0 Å². The lowest BCUT2D eigenvalue weighted by molar-refractivity contribution is 0.350. The fourth-order valence-electron chi connectivity index (χ4n) is 2.10. The third-order valence-corrected chi connectivity index (χ3v) is 3.19. The Bertz CT molecular complexity index is 720. The van der Waals surface area contributed by atoms with E-state index in [1.54, 1.807) is 6.20 Å². The van der Waals surface area contributed by atoms with Gasteiger partial charge in [0.25, 0.3) is 0 Å². The first-order valence-corrected chi connectivity index (χ1v) is 7.17. The van der Waals surface area contributed by atoms with Crippen LogP contribution in [-0.4, -0.2) is 30.9 Å². The van der Waals surface area contributed by atoms with Gasteiger partial charge in [-0.15, -0.1) is 0 Å². The molecule has 3 rings (SSSR count). The molecule has 0 amide bonds. The number of nitrogens with one attached hydrogen (secondary N) is 1. The Morgan fingerprint density at radius 2 is 2.27 bits per heavy atom. The Labute approximate surface area is 128 Å². The second-order valence-corrected chi connectivity index (χ2v) is 5.25. The van der Waals surface area contributed by atoms with E-state index in [-0.39, 0.29) is 6.04 Å². The zero-order valence-corrected chi connectivity index (χ0v) is 12.6.